The number of likely N-dealkylation sites (tertiary alicyclic amines) is 1. The molecule has 1 heterocycles. The van der Waals surface area contributed by atoms with Crippen LogP contribution < -0.4 is 9.47 Å². The van der Waals surface area contributed by atoms with E-state index in [-0.39, 0.29) is 10.7 Å². The first-order chi connectivity index (χ1) is 8.63. The molecule has 1 fully saturated rings. The van der Waals surface area contributed by atoms with Gasteiger partial charge in [0, 0.05) is 24.3 Å². The van der Waals surface area contributed by atoms with Gasteiger partial charge in [0.05, 0.1) is 14.2 Å². The molecule has 1 aromatic carbocycles. The normalized spacial score (nSPS) is 19.2. The molecule has 1 aromatic rings. The molecule has 1 atom stereocenters. The van der Waals surface area contributed by atoms with Crippen LogP contribution in [0.3, 0.4) is 0 Å². The number of hydrogen-bond donors (Lipinski definition) is 0. The second-order valence-electron chi connectivity index (χ2n) is 4.27. The molecule has 0 radical (unpaired) electrons. The molecule has 4 nitrogen and oxygen atoms in total. The van der Waals surface area contributed by atoms with E-state index in [9.17, 15) is 4.79 Å². The van der Waals surface area contributed by atoms with Crippen molar-refractivity contribution in [2.75, 3.05) is 20.8 Å². The number of carbonyl (C=O) groups is 1. The van der Waals surface area contributed by atoms with Crippen LogP contribution in [0.25, 0.3) is 0 Å². The molecule has 1 unspecified atom stereocenters. The number of ether oxygens (including phenoxy) is 2. The molecule has 2 rings (SSSR count). The quantitative estimate of drug-likeness (QED) is 0.800. The number of carbonyl (C=O) groups excluding carboxylic acids is 1. The molecule has 0 saturated carbocycles. The zero-order valence-electron chi connectivity index (χ0n) is 10.5. The number of rotatable bonds is 4. The second kappa shape index (κ2) is 5.61. The predicted octanol–water partition coefficient (Wildman–Crippen LogP) is 2.20. The number of halogens is 1. The standard InChI is InChI=1S/C13H16BrNO3/c1-17-11-4-3-9(5-12(11)18-2)7-15-8-10(14)6-13(15)16/h3-5,10H,6-8H2,1-2H3. The van der Waals surface area contributed by atoms with Crippen LogP contribution in [0.2, 0.25) is 0 Å². The topological polar surface area (TPSA) is 38.8 Å². The van der Waals surface area contributed by atoms with E-state index < -0.39 is 0 Å². The first kappa shape index (κ1) is 13.2. The molecule has 1 saturated heterocycles. The Labute approximate surface area is 115 Å². The maximum absolute atomic E-state index is 11.7. The summed E-state index contributed by atoms with van der Waals surface area (Å²) >= 11 is 3.48. The average molecular weight is 314 g/mol. The summed E-state index contributed by atoms with van der Waals surface area (Å²) in [4.78, 5) is 13.8. The van der Waals surface area contributed by atoms with E-state index in [2.05, 4.69) is 15.9 Å². The fraction of sp³-hybridized carbons (Fsp3) is 0.462. The molecule has 1 amide bonds. The number of amides is 1. The minimum absolute atomic E-state index is 0.187. The lowest BCUT2D eigenvalue weighted by molar-refractivity contribution is -0.128. The van der Waals surface area contributed by atoms with Gasteiger partial charge in [0.25, 0.3) is 0 Å². The van der Waals surface area contributed by atoms with Crippen LogP contribution in [0.15, 0.2) is 18.2 Å². The number of alkyl halides is 1. The molecule has 18 heavy (non-hydrogen) atoms. The van der Waals surface area contributed by atoms with Crippen LogP contribution in [-0.2, 0) is 11.3 Å². The molecule has 0 aliphatic carbocycles. The van der Waals surface area contributed by atoms with Crippen LogP contribution in [0.1, 0.15) is 12.0 Å². The van der Waals surface area contributed by atoms with Crippen molar-refractivity contribution in [3.05, 3.63) is 23.8 Å². The highest BCUT2D eigenvalue weighted by atomic mass is 79.9. The summed E-state index contributed by atoms with van der Waals surface area (Å²) in [6.07, 6.45) is 0.577. The third-order valence-electron chi connectivity index (χ3n) is 2.99. The molecule has 1 aliphatic rings. The average Bonchev–Trinajstić information content (AvgIpc) is 2.67. The van der Waals surface area contributed by atoms with Crippen molar-refractivity contribution in [3.8, 4) is 11.5 Å². The molecule has 5 heteroatoms. The summed E-state index contributed by atoms with van der Waals surface area (Å²) in [5, 5.41) is 0. The van der Waals surface area contributed by atoms with Gasteiger partial charge in [-0.25, -0.2) is 0 Å². The largest absolute Gasteiger partial charge is 0.493 e. The highest BCUT2D eigenvalue weighted by Gasteiger charge is 2.27. The van der Waals surface area contributed by atoms with E-state index >= 15 is 0 Å². The SMILES string of the molecule is COc1ccc(CN2CC(Br)CC2=O)cc1OC. The van der Waals surface area contributed by atoms with E-state index in [1.807, 2.05) is 23.1 Å². The first-order valence-corrected chi connectivity index (χ1v) is 6.68. The highest BCUT2D eigenvalue weighted by Crippen LogP contribution is 2.29. The van der Waals surface area contributed by atoms with Crippen molar-refractivity contribution < 1.29 is 14.3 Å². The monoisotopic (exact) mass is 313 g/mol. The van der Waals surface area contributed by atoms with Gasteiger partial charge in [0.1, 0.15) is 0 Å². The Morgan fingerprint density at radius 3 is 2.61 bits per heavy atom. The number of benzene rings is 1. The Morgan fingerprint density at radius 1 is 1.33 bits per heavy atom. The van der Waals surface area contributed by atoms with Gasteiger partial charge in [-0.15, -0.1) is 0 Å². The summed E-state index contributed by atoms with van der Waals surface area (Å²) in [6, 6.07) is 5.73. The lowest BCUT2D eigenvalue weighted by Gasteiger charge is -2.17. The minimum Gasteiger partial charge on any atom is -0.493 e. The minimum atomic E-state index is 0.187. The van der Waals surface area contributed by atoms with Crippen LogP contribution in [-0.4, -0.2) is 36.4 Å². The molecule has 98 valence electrons. The highest BCUT2D eigenvalue weighted by molar-refractivity contribution is 9.09. The molecule has 0 spiro atoms. The van der Waals surface area contributed by atoms with E-state index in [1.165, 1.54) is 0 Å². The van der Waals surface area contributed by atoms with Crippen LogP contribution in [0.4, 0.5) is 0 Å². The molecular weight excluding hydrogens is 298 g/mol. The van der Waals surface area contributed by atoms with Crippen LogP contribution in [0.5, 0.6) is 11.5 Å². The summed E-state index contributed by atoms with van der Waals surface area (Å²) < 4.78 is 10.4. The summed E-state index contributed by atoms with van der Waals surface area (Å²) in [7, 11) is 3.22. The molecule has 0 bridgehead atoms. The Morgan fingerprint density at radius 2 is 2.06 bits per heavy atom. The third-order valence-corrected chi connectivity index (χ3v) is 3.60. The maximum Gasteiger partial charge on any atom is 0.224 e. The van der Waals surface area contributed by atoms with Gasteiger partial charge < -0.3 is 14.4 Å². The predicted molar refractivity (Wildman–Crippen MR) is 72.3 cm³/mol. The van der Waals surface area contributed by atoms with E-state index in [1.54, 1.807) is 14.2 Å². The fourth-order valence-electron chi connectivity index (χ4n) is 2.08. The first-order valence-electron chi connectivity index (χ1n) is 5.76. The Hall–Kier alpha value is -1.23. The lowest BCUT2D eigenvalue weighted by atomic mass is 10.2. The molecule has 0 N–H and O–H groups in total. The molecule has 1 aliphatic heterocycles. The maximum atomic E-state index is 11.7. The zero-order valence-corrected chi connectivity index (χ0v) is 12.1. The number of nitrogens with zero attached hydrogens (tertiary/aromatic N) is 1. The van der Waals surface area contributed by atoms with E-state index in [0.717, 1.165) is 12.1 Å². The van der Waals surface area contributed by atoms with Gasteiger partial charge in [0.15, 0.2) is 11.5 Å². The van der Waals surface area contributed by atoms with Gasteiger partial charge in [-0.05, 0) is 17.7 Å². The van der Waals surface area contributed by atoms with Gasteiger partial charge >= 0.3 is 0 Å². The van der Waals surface area contributed by atoms with Gasteiger partial charge in [-0.3, -0.25) is 4.79 Å². The summed E-state index contributed by atoms with van der Waals surface area (Å²) in [6.45, 7) is 1.37. The third kappa shape index (κ3) is 2.77. The van der Waals surface area contributed by atoms with E-state index in [4.69, 9.17) is 9.47 Å². The number of methoxy groups -OCH3 is 2. The fourth-order valence-corrected chi connectivity index (χ4v) is 2.70. The Balaban J connectivity index is 2.12. The van der Waals surface area contributed by atoms with E-state index in [0.29, 0.717) is 24.5 Å². The van der Waals surface area contributed by atoms with Crippen LogP contribution in [0, 0.1) is 0 Å². The van der Waals surface area contributed by atoms with Crippen molar-refractivity contribution in [3.63, 3.8) is 0 Å². The Bertz CT molecular complexity index is 450. The molecular formula is C13H16BrNO3. The van der Waals surface area contributed by atoms with Gasteiger partial charge in [0.2, 0.25) is 5.91 Å². The number of hydrogen-bond acceptors (Lipinski definition) is 3. The van der Waals surface area contributed by atoms with Crippen molar-refractivity contribution in [1.82, 2.24) is 4.90 Å². The lowest BCUT2D eigenvalue weighted by Crippen LogP contribution is -2.24. The van der Waals surface area contributed by atoms with Gasteiger partial charge in [-0.2, -0.15) is 0 Å². The van der Waals surface area contributed by atoms with Gasteiger partial charge in [-0.1, -0.05) is 22.0 Å². The van der Waals surface area contributed by atoms with Crippen LogP contribution >= 0.6 is 15.9 Å². The van der Waals surface area contributed by atoms with Crippen molar-refractivity contribution in [1.29, 1.82) is 0 Å². The molecule has 0 aromatic heterocycles. The second-order valence-corrected chi connectivity index (χ2v) is 5.56. The smallest absolute Gasteiger partial charge is 0.224 e. The summed E-state index contributed by atoms with van der Waals surface area (Å²) in [5.41, 5.74) is 1.04. The summed E-state index contributed by atoms with van der Waals surface area (Å²) in [5.74, 6) is 1.58. The van der Waals surface area contributed by atoms with Crippen molar-refractivity contribution >= 4 is 21.8 Å². The zero-order chi connectivity index (χ0) is 13.1. The van der Waals surface area contributed by atoms with Crippen molar-refractivity contribution in [2.24, 2.45) is 0 Å². The Kier molecular flexibility index (Phi) is 4.11. The van der Waals surface area contributed by atoms with Crippen molar-refractivity contribution in [2.45, 2.75) is 17.8 Å².